The van der Waals surface area contributed by atoms with Crippen LogP contribution < -0.4 is 10.1 Å². The smallest absolute Gasteiger partial charge is 0.410 e. The summed E-state index contributed by atoms with van der Waals surface area (Å²) in [4.78, 5) is 13.4. The third-order valence-corrected chi connectivity index (χ3v) is 3.18. The molecule has 0 bridgehead atoms. The Bertz CT molecular complexity index is 494. The maximum absolute atomic E-state index is 11.9. The van der Waals surface area contributed by atoms with Gasteiger partial charge in [0.05, 0.1) is 6.54 Å². The van der Waals surface area contributed by atoms with Crippen LogP contribution in [-0.4, -0.2) is 37.7 Å². The van der Waals surface area contributed by atoms with Gasteiger partial charge in [0.2, 0.25) is 0 Å². The Morgan fingerprint density at radius 3 is 2.95 bits per heavy atom. The number of carbonyl (C=O) groups excluding carboxylic acids is 1. The number of carbonyl (C=O) groups is 1. The van der Waals surface area contributed by atoms with E-state index >= 15 is 0 Å². The zero-order valence-electron chi connectivity index (χ0n) is 13.1. The van der Waals surface area contributed by atoms with E-state index in [1.807, 2.05) is 25.1 Å². The van der Waals surface area contributed by atoms with Crippen LogP contribution in [0.3, 0.4) is 0 Å². The van der Waals surface area contributed by atoms with E-state index in [4.69, 9.17) is 11.2 Å². The van der Waals surface area contributed by atoms with E-state index in [0.29, 0.717) is 24.8 Å². The minimum atomic E-state index is -0.327. The molecule has 0 aromatic heterocycles. The molecule has 4 heteroatoms. The molecule has 4 nitrogen and oxygen atoms in total. The van der Waals surface area contributed by atoms with Crippen LogP contribution >= 0.6 is 0 Å². The maximum atomic E-state index is 11.9. The minimum Gasteiger partial charge on any atom is -0.410 e. The summed E-state index contributed by atoms with van der Waals surface area (Å²) >= 11 is 0. The topological polar surface area (TPSA) is 41.6 Å². The highest BCUT2D eigenvalue weighted by Crippen LogP contribution is 2.20. The molecule has 1 amide bonds. The Labute approximate surface area is 127 Å². The predicted octanol–water partition coefficient (Wildman–Crippen LogP) is 2.85. The fourth-order valence-electron chi connectivity index (χ4n) is 1.97. The zero-order chi connectivity index (χ0) is 15.7. The molecular formula is C17H24N2O2. The number of benzene rings is 1. The molecule has 1 unspecified atom stereocenters. The van der Waals surface area contributed by atoms with Crippen molar-refractivity contribution in [3.8, 4) is 18.1 Å². The van der Waals surface area contributed by atoms with Gasteiger partial charge in [-0.1, -0.05) is 31.9 Å². The average Bonchev–Trinajstić information content (AvgIpc) is 2.48. The second-order valence-electron chi connectivity index (χ2n) is 5.10. The van der Waals surface area contributed by atoms with E-state index in [0.717, 1.165) is 18.5 Å². The van der Waals surface area contributed by atoms with Crippen molar-refractivity contribution in [3.05, 3.63) is 29.8 Å². The number of rotatable bonds is 7. The predicted molar refractivity (Wildman–Crippen MR) is 85.5 cm³/mol. The number of nitrogens with zero attached hydrogens (tertiary/aromatic N) is 1. The molecule has 114 valence electrons. The van der Waals surface area contributed by atoms with Crippen LogP contribution in [0.25, 0.3) is 0 Å². The van der Waals surface area contributed by atoms with Gasteiger partial charge in [0.15, 0.2) is 0 Å². The molecule has 0 heterocycles. The summed E-state index contributed by atoms with van der Waals surface area (Å²) in [6.45, 7) is 6.16. The highest BCUT2D eigenvalue weighted by atomic mass is 16.6. The van der Waals surface area contributed by atoms with Crippen molar-refractivity contribution in [1.29, 1.82) is 0 Å². The van der Waals surface area contributed by atoms with Gasteiger partial charge in [0, 0.05) is 20.1 Å². The number of hydrogen-bond acceptors (Lipinski definition) is 3. The summed E-state index contributed by atoms with van der Waals surface area (Å²) in [5.74, 6) is 3.42. The number of nitrogens with one attached hydrogen (secondary N) is 1. The van der Waals surface area contributed by atoms with Crippen LogP contribution in [0, 0.1) is 12.3 Å². The third kappa shape index (κ3) is 5.88. The fraction of sp³-hybridized carbons (Fsp3) is 0.471. The van der Waals surface area contributed by atoms with Crippen LogP contribution in [0.5, 0.6) is 5.75 Å². The van der Waals surface area contributed by atoms with Gasteiger partial charge in [-0.05, 0) is 30.0 Å². The number of terminal acetylenes is 1. The van der Waals surface area contributed by atoms with Gasteiger partial charge in [-0.3, -0.25) is 0 Å². The van der Waals surface area contributed by atoms with E-state index in [2.05, 4.69) is 18.2 Å². The highest BCUT2D eigenvalue weighted by Gasteiger charge is 2.11. The first kappa shape index (κ1) is 17.1. The molecule has 0 saturated carbocycles. The van der Waals surface area contributed by atoms with Gasteiger partial charge < -0.3 is 15.0 Å². The molecule has 0 saturated heterocycles. The SMILES string of the molecule is C#CCNCC(C)c1cccc(OC(=O)N(C)CCC)c1. The quantitative estimate of drug-likeness (QED) is 0.619. The van der Waals surface area contributed by atoms with E-state index in [-0.39, 0.29) is 6.09 Å². The summed E-state index contributed by atoms with van der Waals surface area (Å²) < 4.78 is 5.38. The minimum absolute atomic E-state index is 0.297. The van der Waals surface area contributed by atoms with Gasteiger partial charge >= 0.3 is 6.09 Å². The second kappa shape index (κ2) is 9.04. The van der Waals surface area contributed by atoms with Gasteiger partial charge in [-0.15, -0.1) is 6.42 Å². The first-order chi connectivity index (χ1) is 10.1. The Morgan fingerprint density at radius 2 is 2.29 bits per heavy atom. The molecule has 1 atom stereocenters. The van der Waals surface area contributed by atoms with Crippen molar-refractivity contribution in [1.82, 2.24) is 10.2 Å². The molecule has 1 aromatic rings. The van der Waals surface area contributed by atoms with E-state index < -0.39 is 0 Å². The second-order valence-corrected chi connectivity index (χ2v) is 5.10. The highest BCUT2D eigenvalue weighted by molar-refractivity contribution is 5.70. The van der Waals surface area contributed by atoms with Gasteiger partial charge in [-0.25, -0.2) is 4.79 Å². The van der Waals surface area contributed by atoms with Crippen LogP contribution in [0.4, 0.5) is 4.79 Å². The van der Waals surface area contributed by atoms with Crippen LogP contribution in [0.15, 0.2) is 24.3 Å². The maximum Gasteiger partial charge on any atom is 0.414 e. The zero-order valence-corrected chi connectivity index (χ0v) is 13.1. The fourth-order valence-corrected chi connectivity index (χ4v) is 1.97. The summed E-state index contributed by atoms with van der Waals surface area (Å²) in [6.07, 6.45) is 5.79. The first-order valence-electron chi connectivity index (χ1n) is 7.25. The van der Waals surface area contributed by atoms with Crippen molar-refractivity contribution in [2.45, 2.75) is 26.2 Å². The summed E-state index contributed by atoms with van der Waals surface area (Å²) in [7, 11) is 1.74. The summed E-state index contributed by atoms with van der Waals surface area (Å²) in [6, 6.07) is 7.62. The first-order valence-corrected chi connectivity index (χ1v) is 7.25. The lowest BCUT2D eigenvalue weighted by atomic mass is 10.0. The molecule has 1 aromatic carbocycles. The van der Waals surface area contributed by atoms with Gasteiger partial charge in [0.1, 0.15) is 5.75 Å². The van der Waals surface area contributed by atoms with E-state index in [1.165, 1.54) is 0 Å². The molecular weight excluding hydrogens is 264 g/mol. The van der Waals surface area contributed by atoms with Crippen LogP contribution in [0.1, 0.15) is 31.7 Å². The van der Waals surface area contributed by atoms with Crippen LogP contribution in [-0.2, 0) is 0 Å². The monoisotopic (exact) mass is 288 g/mol. The molecule has 0 radical (unpaired) electrons. The molecule has 0 fully saturated rings. The van der Waals surface area contributed by atoms with Gasteiger partial charge in [-0.2, -0.15) is 0 Å². The molecule has 0 aliphatic heterocycles. The van der Waals surface area contributed by atoms with Crippen molar-refractivity contribution in [2.75, 3.05) is 26.7 Å². The Hall–Kier alpha value is -1.99. The molecule has 0 spiro atoms. The number of hydrogen-bond donors (Lipinski definition) is 1. The molecule has 1 rings (SSSR count). The Morgan fingerprint density at radius 1 is 1.52 bits per heavy atom. The Kier molecular flexibility index (Phi) is 7.34. The Balaban J connectivity index is 2.63. The van der Waals surface area contributed by atoms with Crippen molar-refractivity contribution < 1.29 is 9.53 Å². The normalized spacial score (nSPS) is 11.5. The molecule has 0 aliphatic rings. The van der Waals surface area contributed by atoms with Crippen molar-refractivity contribution >= 4 is 6.09 Å². The molecule has 1 N–H and O–H groups in total. The summed E-state index contributed by atoms with van der Waals surface area (Å²) in [5, 5.41) is 3.18. The van der Waals surface area contributed by atoms with Crippen LogP contribution in [0.2, 0.25) is 0 Å². The largest absolute Gasteiger partial charge is 0.414 e. The molecule has 21 heavy (non-hydrogen) atoms. The van der Waals surface area contributed by atoms with E-state index in [1.54, 1.807) is 18.0 Å². The molecule has 0 aliphatic carbocycles. The third-order valence-electron chi connectivity index (χ3n) is 3.18. The lowest BCUT2D eigenvalue weighted by molar-refractivity contribution is 0.163. The lowest BCUT2D eigenvalue weighted by Crippen LogP contribution is -2.30. The van der Waals surface area contributed by atoms with Crippen molar-refractivity contribution in [3.63, 3.8) is 0 Å². The lowest BCUT2D eigenvalue weighted by Gasteiger charge is -2.17. The number of ether oxygens (including phenoxy) is 1. The van der Waals surface area contributed by atoms with E-state index in [9.17, 15) is 4.79 Å². The summed E-state index contributed by atoms with van der Waals surface area (Å²) in [5.41, 5.74) is 1.11. The van der Waals surface area contributed by atoms with Gasteiger partial charge in [0.25, 0.3) is 0 Å². The standard InChI is InChI=1S/C17H24N2O2/c1-5-10-18-13-14(3)15-8-7-9-16(12-15)21-17(20)19(4)11-6-2/h1,7-9,12,14,18H,6,10-11,13H2,2-4H3. The average molecular weight is 288 g/mol. The number of amides is 1. The van der Waals surface area contributed by atoms with Crippen molar-refractivity contribution in [2.24, 2.45) is 0 Å².